The summed E-state index contributed by atoms with van der Waals surface area (Å²) in [5, 5.41) is 2.87. The van der Waals surface area contributed by atoms with Gasteiger partial charge in [-0.3, -0.25) is 9.69 Å². The van der Waals surface area contributed by atoms with Gasteiger partial charge in [-0.1, -0.05) is 6.07 Å². The monoisotopic (exact) mass is 409 g/mol. The summed E-state index contributed by atoms with van der Waals surface area (Å²) in [7, 11) is 2.96. The molecule has 7 nitrogen and oxygen atoms in total. The van der Waals surface area contributed by atoms with E-state index in [-0.39, 0.29) is 38.4 Å². The lowest BCUT2D eigenvalue weighted by Crippen LogP contribution is -2.45. The standard InChI is InChI=1S/C20H25F2N3O4/c1-13-17(29-12-24-13)15(25-9-7-20(21,22)8-10-25)11-23-19(26)14-5-4-6-16(27-2)18(14)28-3/h4-6,12,15H,7-11H2,1-3H3,(H,23,26). The number of hydrogen-bond donors (Lipinski definition) is 1. The zero-order valence-corrected chi connectivity index (χ0v) is 16.7. The van der Waals surface area contributed by atoms with Crippen molar-refractivity contribution >= 4 is 5.91 Å². The van der Waals surface area contributed by atoms with E-state index in [9.17, 15) is 13.6 Å². The number of alkyl halides is 2. The van der Waals surface area contributed by atoms with Gasteiger partial charge in [0, 0.05) is 32.5 Å². The summed E-state index contributed by atoms with van der Waals surface area (Å²) in [6, 6.07) is 4.63. The molecular weight excluding hydrogens is 384 g/mol. The fraction of sp³-hybridized carbons (Fsp3) is 0.500. The molecule has 29 heavy (non-hydrogen) atoms. The highest BCUT2D eigenvalue weighted by atomic mass is 19.3. The van der Waals surface area contributed by atoms with E-state index in [2.05, 4.69) is 10.3 Å². The molecule has 9 heteroatoms. The summed E-state index contributed by atoms with van der Waals surface area (Å²) < 4.78 is 43.3. The third-order valence-electron chi connectivity index (χ3n) is 5.16. The number of carbonyl (C=O) groups excluding carboxylic acids is 1. The zero-order valence-electron chi connectivity index (χ0n) is 16.7. The summed E-state index contributed by atoms with van der Waals surface area (Å²) in [5.41, 5.74) is 0.991. The minimum absolute atomic E-state index is 0.181. The van der Waals surface area contributed by atoms with Crippen LogP contribution < -0.4 is 14.8 Å². The van der Waals surface area contributed by atoms with Crippen LogP contribution in [0.5, 0.6) is 11.5 Å². The van der Waals surface area contributed by atoms with Crippen LogP contribution in [0, 0.1) is 6.92 Å². The van der Waals surface area contributed by atoms with Crippen LogP contribution in [0.15, 0.2) is 29.0 Å². The van der Waals surface area contributed by atoms with Crippen molar-refractivity contribution in [2.45, 2.75) is 31.7 Å². The van der Waals surface area contributed by atoms with E-state index in [0.29, 0.717) is 28.5 Å². The Morgan fingerprint density at radius 3 is 2.62 bits per heavy atom. The third-order valence-corrected chi connectivity index (χ3v) is 5.16. The summed E-state index contributed by atoms with van der Waals surface area (Å²) in [4.78, 5) is 18.8. The molecule has 2 heterocycles. The molecule has 1 aliphatic heterocycles. The number of piperidine rings is 1. The number of aromatic nitrogens is 1. The number of aryl methyl sites for hydroxylation is 1. The normalized spacial score (nSPS) is 17.6. The van der Waals surface area contributed by atoms with Crippen molar-refractivity contribution in [3.63, 3.8) is 0 Å². The molecule has 2 aromatic rings. The number of nitrogens with one attached hydrogen (secondary N) is 1. The number of hydrogen-bond acceptors (Lipinski definition) is 6. The van der Waals surface area contributed by atoms with Crippen LogP contribution >= 0.6 is 0 Å². The number of para-hydroxylation sites is 1. The number of benzene rings is 1. The second-order valence-electron chi connectivity index (χ2n) is 6.96. The fourth-order valence-electron chi connectivity index (χ4n) is 3.53. The first-order chi connectivity index (χ1) is 13.9. The van der Waals surface area contributed by atoms with E-state index in [4.69, 9.17) is 13.9 Å². The highest BCUT2D eigenvalue weighted by molar-refractivity contribution is 5.97. The first-order valence-electron chi connectivity index (χ1n) is 9.37. The van der Waals surface area contributed by atoms with Gasteiger partial charge in [0.15, 0.2) is 17.9 Å². The van der Waals surface area contributed by atoms with Crippen LogP contribution in [-0.2, 0) is 0 Å². The second-order valence-corrected chi connectivity index (χ2v) is 6.96. The molecule has 0 radical (unpaired) electrons. The Kier molecular flexibility index (Phi) is 6.36. The van der Waals surface area contributed by atoms with E-state index >= 15 is 0 Å². The minimum Gasteiger partial charge on any atom is -0.493 e. The molecule has 1 unspecified atom stereocenters. The van der Waals surface area contributed by atoms with Gasteiger partial charge < -0.3 is 19.2 Å². The van der Waals surface area contributed by atoms with Gasteiger partial charge in [-0.15, -0.1) is 0 Å². The van der Waals surface area contributed by atoms with Gasteiger partial charge in [-0.05, 0) is 19.1 Å². The Bertz CT molecular complexity index is 846. The van der Waals surface area contributed by atoms with Crippen LogP contribution in [0.3, 0.4) is 0 Å². The Morgan fingerprint density at radius 1 is 1.31 bits per heavy atom. The van der Waals surface area contributed by atoms with E-state index in [1.165, 1.54) is 20.6 Å². The molecule has 0 bridgehead atoms. The second kappa shape index (κ2) is 8.77. The topological polar surface area (TPSA) is 76.8 Å². The van der Waals surface area contributed by atoms with Gasteiger partial charge in [-0.2, -0.15) is 0 Å². The molecule has 0 saturated carbocycles. The summed E-state index contributed by atoms with van der Waals surface area (Å²) >= 11 is 0. The molecule has 158 valence electrons. The number of likely N-dealkylation sites (tertiary alicyclic amines) is 1. The Hall–Kier alpha value is -2.68. The molecule has 1 aromatic heterocycles. The van der Waals surface area contributed by atoms with Crippen molar-refractivity contribution < 1.29 is 27.5 Å². The SMILES string of the molecule is COc1cccc(C(=O)NCC(c2ocnc2C)N2CCC(F)(F)CC2)c1OC. The molecule has 1 amide bonds. The van der Waals surface area contributed by atoms with Crippen molar-refractivity contribution in [2.24, 2.45) is 0 Å². The van der Waals surface area contributed by atoms with Gasteiger partial charge in [0.25, 0.3) is 11.8 Å². The average molecular weight is 409 g/mol. The van der Waals surface area contributed by atoms with Gasteiger partial charge in [0.2, 0.25) is 0 Å². The van der Waals surface area contributed by atoms with Crippen LogP contribution in [0.4, 0.5) is 8.78 Å². The van der Waals surface area contributed by atoms with Gasteiger partial charge >= 0.3 is 0 Å². The molecule has 1 N–H and O–H groups in total. The quantitative estimate of drug-likeness (QED) is 0.757. The van der Waals surface area contributed by atoms with Gasteiger partial charge in [-0.25, -0.2) is 13.8 Å². The van der Waals surface area contributed by atoms with E-state index in [1.807, 2.05) is 4.90 Å². The first kappa shape index (κ1) is 21.0. The molecule has 1 atom stereocenters. The maximum absolute atomic E-state index is 13.6. The fourth-order valence-corrected chi connectivity index (χ4v) is 3.53. The number of rotatable bonds is 7. The molecular formula is C20H25F2N3O4. The van der Waals surface area contributed by atoms with E-state index in [1.54, 1.807) is 25.1 Å². The lowest BCUT2D eigenvalue weighted by atomic mass is 10.0. The summed E-state index contributed by atoms with van der Waals surface area (Å²) in [6.45, 7) is 2.38. The average Bonchev–Trinajstić information content (AvgIpc) is 3.13. The number of amides is 1. The van der Waals surface area contributed by atoms with E-state index < -0.39 is 12.0 Å². The third kappa shape index (κ3) is 4.67. The predicted molar refractivity (Wildman–Crippen MR) is 102 cm³/mol. The van der Waals surface area contributed by atoms with Crippen molar-refractivity contribution in [2.75, 3.05) is 33.9 Å². The molecule has 0 spiro atoms. The molecule has 1 aliphatic rings. The number of halogens is 2. The zero-order chi connectivity index (χ0) is 21.0. The van der Waals surface area contributed by atoms with Crippen LogP contribution in [0.1, 0.15) is 40.7 Å². The summed E-state index contributed by atoms with van der Waals surface area (Å²) in [5.74, 6) is -1.67. The largest absolute Gasteiger partial charge is 0.493 e. The minimum atomic E-state index is -2.66. The van der Waals surface area contributed by atoms with Gasteiger partial charge in [0.05, 0.1) is 31.5 Å². The van der Waals surface area contributed by atoms with Crippen molar-refractivity contribution in [1.82, 2.24) is 15.2 Å². The van der Waals surface area contributed by atoms with E-state index in [0.717, 1.165) is 0 Å². The van der Waals surface area contributed by atoms with Crippen molar-refractivity contribution in [1.29, 1.82) is 0 Å². The Labute approximate surface area is 168 Å². The smallest absolute Gasteiger partial charge is 0.255 e. The number of ether oxygens (including phenoxy) is 2. The maximum atomic E-state index is 13.6. The van der Waals surface area contributed by atoms with Crippen molar-refractivity contribution in [3.8, 4) is 11.5 Å². The highest BCUT2D eigenvalue weighted by Gasteiger charge is 2.38. The number of nitrogens with zero attached hydrogens (tertiary/aromatic N) is 2. The predicted octanol–water partition coefficient (Wildman–Crippen LogP) is 3.20. The molecule has 1 fully saturated rings. The Balaban J connectivity index is 1.77. The lowest BCUT2D eigenvalue weighted by Gasteiger charge is -2.36. The lowest BCUT2D eigenvalue weighted by molar-refractivity contribution is -0.0647. The highest BCUT2D eigenvalue weighted by Crippen LogP contribution is 2.34. The van der Waals surface area contributed by atoms with Gasteiger partial charge in [0.1, 0.15) is 5.76 Å². The van der Waals surface area contributed by atoms with Crippen LogP contribution in [0.25, 0.3) is 0 Å². The number of oxazole rings is 1. The molecule has 1 saturated heterocycles. The molecule has 0 aliphatic carbocycles. The van der Waals surface area contributed by atoms with Crippen LogP contribution in [0.2, 0.25) is 0 Å². The summed E-state index contributed by atoms with van der Waals surface area (Å²) in [6.07, 6.45) is 0.867. The first-order valence-corrected chi connectivity index (χ1v) is 9.37. The number of methoxy groups -OCH3 is 2. The maximum Gasteiger partial charge on any atom is 0.255 e. The Morgan fingerprint density at radius 2 is 2.03 bits per heavy atom. The number of carbonyl (C=O) groups is 1. The molecule has 1 aromatic carbocycles. The van der Waals surface area contributed by atoms with Crippen molar-refractivity contribution in [3.05, 3.63) is 41.6 Å². The van der Waals surface area contributed by atoms with Crippen LogP contribution in [-0.4, -0.2) is 55.6 Å². The molecule has 3 rings (SSSR count).